The number of carbonyl (C=O) groups excluding carboxylic acids is 1. The van der Waals surface area contributed by atoms with Crippen LogP contribution >= 0.6 is 0 Å². The number of aromatic nitrogens is 3. The molecule has 0 spiro atoms. The third kappa shape index (κ3) is 2.41. The Balaban J connectivity index is 2.10. The summed E-state index contributed by atoms with van der Waals surface area (Å²) < 4.78 is 1.84. The number of carbonyl (C=O) groups is 1. The van der Waals surface area contributed by atoms with Crippen LogP contribution < -0.4 is 10.4 Å². The van der Waals surface area contributed by atoms with Gasteiger partial charge in [-0.3, -0.25) is 9.69 Å². The molecule has 7 nitrogen and oxygen atoms in total. The summed E-state index contributed by atoms with van der Waals surface area (Å²) in [5.41, 5.74) is 3.49. The standard InChI is InChI=1S/C14H12N5O2/c1-10(20)19(14-8-11(17-21)2-4-15-14)12-3-6-18-7-5-16-13(18)9-12/h2-9H,1H3,(H-,15,17,21)/q-1. The summed E-state index contributed by atoms with van der Waals surface area (Å²) >= 11 is 0. The van der Waals surface area contributed by atoms with Gasteiger partial charge in [0.2, 0.25) is 5.91 Å². The molecule has 0 atom stereocenters. The van der Waals surface area contributed by atoms with Gasteiger partial charge in [0.05, 0.1) is 5.69 Å². The number of hydrogen-bond acceptors (Lipinski definition) is 5. The van der Waals surface area contributed by atoms with Gasteiger partial charge in [0.1, 0.15) is 11.5 Å². The van der Waals surface area contributed by atoms with Crippen LogP contribution in [0.5, 0.6) is 0 Å². The molecule has 0 aliphatic rings. The Morgan fingerprint density at radius 2 is 2.10 bits per heavy atom. The molecule has 1 N–H and O–H groups in total. The van der Waals surface area contributed by atoms with Crippen LogP contribution in [0.25, 0.3) is 5.65 Å². The van der Waals surface area contributed by atoms with E-state index in [0.29, 0.717) is 17.2 Å². The van der Waals surface area contributed by atoms with Crippen LogP contribution in [-0.2, 0) is 4.79 Å². The molecule has 0 fully saturated rings. The molecular weight excluding hydrogens is 270 g/mol. The smallest absolute Gasteiger partial charge is 0.229 e. The summed E-state index contributed by atoms with van der Waals surface area (Å²) in [4.78, 5) is 21.7. The quantitative estimate of drug-likeness (QED) is 0.745. The summed E-state index contributed by atoms with van der Waals surface area (Å²) in [7, 11) is 0. The maximum Gasteiger partial charge on any atom is 0.229 e. The molecule has 0 aliphatic heterocycles. The van der Waals surface area contributed by atoms with E-state index in [1.54, 1.807) is 23.8 Å². The van der Waals surface area contributed by atoms with Crippen molar-refractivity contribution >= 4 is 28.7 Å². The van der Waals surface area contributed by atoms with Crippen molar-refractivity contribution in [3.8, 4) is 0 Å². The van der Waals surface area contributed by atoms with Crippen molar-refractivity contribution in [2.45, 2.75) is 6.92 Å². The Kier molecular flexibility index (Phi) is 3.25. The number of amides is 1. The van der Waals surface area contributed by atoms with Gasteiger partial charge in [-0.15, -0.1) is 0 Å². The largest absolute Gasteiger partial charge is 0.761 e. The monoisotopic (exact) mass is 282 g/mol. The lowest BCUT2D eigenvalue weighted by Gasteiger charge is -2.21. The lowest BCUT2D eigenvalue weighted by Crippen LogP contribution is -2.23. The first-order valence-electron chi connectivity index (χ1n) is 6.26. The SMILES string of the molecule is CC(=O)N(c1ccn2ccnc2c1)c1cc(N[O-])ccn1. The van der Waals surface area contributed by atoms with E-state index < -0.39 is 0 Å². The molecule has 0 saturated carbocycles. The van der Waals surface area contributed by atoms with Gasteiger partial charge in [0.25, 0.3) is 0 Å². The van der Waals surface area contributed by atoms with Crippen molar-refractivity contribution in [2.24, 2.45) is 0 Å². The maximum absolute atomic E-state index is 12.0. The number of imidazole rings is 1. The summed E-state index contributed by atoms with van der Waals surface area (Å²) in [6.45, 7) is 1.44. The number of pyridine rings is 2. The van der Waals surface area contributed by atoms with Gasteiger partial charge < -0.3 is 15.1 Å². The van der Waals surface area contributed by atoms with E-state index >= 15 is 0 Å². The van der Waals surface area contributed by atoms with Crippen molar-refractivity contribution < 1.29 is 4.79 Å². The highest BCUT2D eigenvalue weighted by Crippen LogP contribution is 2.26. The summed E-state index contributed by atoms with van der Waals surface area (Å²) in [5.74, 6) is 0.167. The molecule has 0 aromatic carbocycles. The van der Waals surface area contributed by atoms with Gasteiger partial charge in [0, 0.05) is 49.5 Å². The molecule has 7 heteroatoms. The first-order chi connectivity index (χ1) is 10.2. The Bertz CT molecular complexity index is 799. The molecule has 0 bridgehead atoms. The Hall–Kier alpha value is -2.93. The molecule has 106 valence electrons. The minimum Gasteiger partial charge on any atom is -0.761 e. The number of hydrogen-bond donors (Lipinski definition) is 1. The van der Waals surface area contributed by atoms with Gasteiger partial charge in [-0.2, -0.15) is 0 Å². The second-order valence-corrected chi connectivity index (χ2v) is 4.44. The van der Waals surface area contributed by atoms with E-state index in [1.807, 2.05) is 16.8 Å². The topological polar surface area (TPSA) is 85.6 Å². The Morgan fingerprint density at radius 1 is 1.24 bits per heavy atom. The summed E-state index contributed by atoms with van der Waals surface area (Å²) in [6, 6.07) is 6.62. The molecule has 3 rings (SSSR count). The first-order valence-corrected chi connectivity index (χ1v) is 6.26. The van der Waals surface area contributed by atoms with Crippen LogP contribution in [0, 0.1) is 5.21 Å². The average molecular weight is 282 g/mol. The first kappa shape index (κ1) is 13.1. The fourth-order valence-electron chi connectivity index (χ4n) is 2.12. The molecule has 3 aromatic rings. The van der Waals surface area contributed by atoms with Crippen molar-refractivity contribution in [2.75, 3.05) is 10.4 Å². The second kappa shape index (κ2) is 5.22. The Labute approximate surface area is 120 Å². The molecule has 21 heavy (non-hydrogen) atoms. The van der Waals surface area contributed by atoms with Gasteiger partial charge in [-0.1, -0.05) is 0 Å². The van der Waals surface area contributed by atoms with Gasteiger partial charge >= 0.3 is 0 Å². The fourth-order valence-corrected chi connectivity index (χ4v) is 2.12. The predicted octanol–water partition coefficient (Wildman–Crippen LogP) is 2.32. The molecule has 0 unspecified atom stereocenters. The molecule has 0 aliphatic carbocycles. The van der Waals surface area contributed by atoms with E-state index in [0.717, 1.165) is 5.65 Å². The molecule has 0 saturated heterocycles. The van der Waals surface area contributed by atoms with Crippen LogP contribution in [-0.4, -0.2) is 20.3 Å². The zero-order chi connectivity index (χ0) is 14.8. The maximum atomic E-state index is 12.0. The van der Waals surface area contributed by atoms with Crippen molar-refractivity contribution in [1.82, 2.24) is 14.4 Å². The highest BCUT2D eigenvalue weighted by atomic mass is 16.5. The van der Waals surface area contributed by atoms with Crippen LogP contribution in [0.4, 0.5) is 17.2 Å². The fraction of sp³-hybridized carbons (Fsp3) is 0.0714. The van der Waals surface area contributed by atoms with Crippen molar-refractivity contribution in [3.63, 3.8) is 0 Å². The molecule has 3 heterocycles. The number of nitrogens with one attached hydrogen (secondary N) is 1. The van der Waals surface area contributed by atoms with E-state index in [2.05, 4.69) is 9.97 Å². The van der Waals surface area contributed by atoms with Gasteiger partial charge in [-0.05, 0) is 12.1 Å². The minimum atomic E-state index is -0.207. The summed E-state index contributed by atoms with van der Waals surface area (Å²) in [5, 5.41) is 10.8. The molecule has 1 amide bonds. The normalized spacial score (nSPS) is 10.6. The number of nitrogens with zero attached hydrogens (tertiary/aromatic N) is 4. The van der Waals surface area contributed by atoms with E-state index in [9.17, 15) is 10.0 Å². The minimum absolute atomic E-state index is 0.207. The van der Waals surface area contributed by atoms with Gasteiger partial charge in [0.15, 0.2) is 0 Å². The van der Waals surface area contributed by atoms with E-state index in [-0.39, 0.29) is 5.91 Å². The average Bonchev–Trinajstić information content (AvgIpc) is 2.95. The lowest BCUT2D eigenvalue weighted by molar-refractivity contribution is -0.115. The number of anilines is 3. The van der Waals surface area contributed by atoms with Crippen molar-refractivity contribution in [3.05, 3.63) is 54.3 Å². The zero-order valence-electron chi connectivity index (χ0n) is 11.2. The third-order valence-corrected chi connectivity index (χ3v) is 3.05. The third-order valence-electron chi connectivity index (χ3n) is 3.05. The molecular formula is C14H12N5O2-. The van der Waals surface area contributed by atoms with Crippen LogP contribution in [0.3, 0.4) is 0 Å². The van der Waals surface area contributed by atoms with Gasteiger partial charge in [-0.25, -0.2) is 9.97 Å². The predicted molar refractivity (Wildman–Crippen MR) is 79.2 cm³/mol. The Morgan fingerprint density at radius 3 is 2.86 bits per heavy atom. The van der Waals surface area contributed by atoms with E-state index in [1.165, 1.54) is 30.2 Å². The molecule has 3 aromatic heterocycles. The zero-order valence-corrected chi connectivity index (χ0v) is 11.2. The second-order valence-electron chi connectivity index (χ2n) is 4.44. The van der Waals surface area contributed by atoms with Crippen molar-refractivity contribution in [1.29, 1.82) is 0 Å². The van der Waals surface area contributed by atoms with Crippen LogP contribution in [0.15, 0.2) is 49.1 Å². The van der Waals surface area contributed by atoms with Crippen LogP contribution in [0.2, 0.25) is 0 Å². The number of fused-ring (bicyclic) bond motifs is 1. The summed E-state index contributed by atoms with van der Waals surface area (Å²) in [6.07, 6.45) is 6.78. The van der Waals surface area contributed by atoms with Crippen LogP contribution in [0.1, 0.15) is 6.92 Å². The lowest BCUT2D eigenvalue weighted by atomic mass is 10.3. The molecule has 0 radical (unpaired) electrons. The highest BCUT2D eigenvalue weighted by Gasteiger charge is 2.16. The number of rotatable bonds is 3. The van der Waals surface area contributed by atoms with E-state index in [4.69, 9.17) is 0 Å². The highest BCUT2D eigenvalue weighted by molar-refractivity contribution is 5.98.